The molecule has 0 aromatic heterocycles. The van der Waals surface area contributed by atoms with Crippen molar-refractivity contribution in [1.82, 2.24) is 5.48 Å². The smallest absolute Gasteiger partial charge is 0.277 e. The van der Waals surface area contributed by atoms with Crippen LogP contribution in [0.15, 0.2) is 27.7 Å². The molecule has 0 aliphatic carbocycles. The summed E-state index contributed by atoms with van der Waals surface area (Å²) in [6.45, 7) is -0.621. The zero-order chi connectivity index (χ0) is 18.4. The van der Waals surface area contributed by atoms with E-state index in [-0.39, 0.29) is 25.2 Å². The molecule has 1 heterocycles. The Bertz CT molecular complexity index is 793. The topological polar surface area (TPSA) is 87.7 Å². The van der Waals surface area contributed by atoms with Crippen LogP contribution in [-0.4, -0.2) is 34.5 Å². The molecule has 2 rings (SSSR count). The van der Waals surface area contributed by atoms with Gasteiger partial charge in [0.15, 0.2) is 23.7 Å². The number of aliphatic hydroxyl groups is 1. The first-order chi connectivity index (χ1) is 12.0. The molecule has 1 aliphatic heterocycles. The van der Waals surface area contributed by atoms with E-state index in [1.807, 2.05) is 5.48 Å². The third-order valence-corrected chi connectivity index (χ3v) is 4.62. The Kier molecular flexibility index (Phi) is 6.84. The lowest BCUT2D eigenvalue weighted by Crippen LogP contribution is -2.27. The molecule has 0 atom stereocenters. The number of carbonyl (C=O) groups is 2. The summed E-state index contributed by atoms with van der Waals surface area (Å²) in [4.78, 5) is 27.6. The molecule has 1 aliphatic rings. The van der Waals surface area contributed by atoms with Gasteiger partial charge in [0.1, 0.15) is 0 Å². The molecule has 1 aromatic carbocycles. The lowest BCUT2D eigenvalue weighted by Gasteiger charge is -2.16. The summed E-state index contributed by atoms with van der Waals surface area (Å²) in [7, 11) is 0. The molecule has 25 heavy (non-hydrogen) atoms. The van der Waals surface area contributed by atoms with Crippen molar-refractivity contribution >= 4 is 42.6 Å². The summed E-state index contributed by atoms with van der Waals surface area (Å²) in [6, 6.07) is 0.813. The second kappa shape index (κ2) is 8.87. The van der Waals surface area contributed by atoms with Crippen LogP contribution < -0.4 is 10.8 Å². The van der Waals surface area contributed by atoms with Crippen LogP contribution in [0.3, 0.4) is 0 Å². The minimum atomic E-state index is -1.51. The van der Waals surface area contributed by atoms with Gasteiger partial charge in [-0.15, -0.1) is 0 Å². The monoisotopic (exact) mass is 468 g/mol. The van der Waals surface area contributed by atoms with Crippen molar-refractivity contribution in [3.05, 3.63) is 50.5 Å². The maximum absolute atomic E-state index is 14.3. The van der Waals surface area contributed by atoms with Crippen LogP contribution in [0, 0.1) is 11.6 Å². The first-order valence-corrected chi connectivity index (χ1v) is 9.27. The number of aldehydes is 1. The van der Waals surface area contributed by atoms with Gasteiger partial charge in [-0.1, -0.05) is 20.7 Å². The minimum Gasteiger partial charge on any atom is -0.394 e. The number of allylic oxidation sites excluding steroid dienone is 2. The van der Waals surface area contributed by atoms with Crippen LogP contribution in [0.4, 0.5) is 18.9 Å². The van der Waals surface area contributed by atoms with Crippen molar-refractivity contribution in [2.24, 2.45) is 0 Å². The largest absolute Gasteiger partial charge is 0.394 e. The third-order valence-electron chi connectivity index (χ3n) is 2.94. The number of hydrogen-bond donors (Lipinski definition) is 3. The Hall–Kier alpha value is -2.05. The van der Waals surface area contributed by atoms with Gasteiger partial charge in [-0.3, -0.25) is 14.4 Å². The molecule has 0 radical (unpaired) electrons. The van der Waals surface area contributed by atoms with Gasteiger partial charge in [-0.25, -0.2) is 18.7 Å². The van der Waals surface area contributed by atoms with Crippen LogP contribution in [0.1, 0.15) is 20.7 Å². The van der Waals surface area contributed by atoms with E-state index < -0.39 is 60.9 Å². The molecule has 0 saturated carbocycles. The predicted octanol–water partition coefficient (Wildman–Crippen LogP) is 2.32. The van der Waals surface area contributed by atoms with Gasteiger partial charge in [0.2, 0.25) is 0 Å². The highest BCUT2D eigenvalue weighted by Gasteiger charge is 2.24. The number of hydroxylamine groups is 1. The molecule has 0 saturated heterocycles. The number of hydrogen-bond acceptors (Lipinski definition) is 5. The van der Waals surface area contributed by atoms with Gasteiger partial charge in [-0.05, 0) is 16.2 Å². The van der Waals surface area contributed by atoms with E-state index in [0.29, 0.717) is 0 Å². The summed E-state index contributed by atoms with van der Waals surface area (Å²) in [5, 5.41) is 11.0. The first-order valence-electron chi connectivity index (χ1n) is 6.78. The van der Waals surface area contributed by atoms with Gasteiger partial charge < -0.3 is 10.4 Å². The highest BCUT2D eigenvalue weighted by molar-refractivity contribution is 14.2. The molecule has 6 nitrogen and oxygen atoms in total. The number of anilines is 1. The summed E-state index contributed by atoms with van der Waals surface area (Å²) in [6.07, 6.45) is 1.41. The molecule has 10 heteroatoms. The van der Waals surface area contributed by atoms with Crippen molar-refractivity contribution in [3.63, 3.8) is 0 Å². The number of benzene rings is 1. The highest BCUT2D eigenvalue weighted by Crippen LogP contribution is 2.29. The van der Waals surface area contributed by atoms with Crippen molar-refractivity contribution in [2.45, 2.75) is 0 Å². The van der Waals surface area contributed by atoms with Gasteiger partial charge in [-0.2, -0.15) is 0 Å². The molecule has 134 valence electrons. The fourth-order valence-electron chi connectivity index (χ4n) is 1.82. The molecular formula is C15H12F3IN2O4. The van der Waals surface area contributed by atoms with E-state index in [0.717, 1.165) is 6.07 Å². The van der Waals surface area contributed by atoms with E-state index in [1.54, 1.807) is 4.08 Å². The second-order valence-corrected chi connectivity index (χ2v) is 6.61. The molecule has 0 bridgehead atoms. The average Bonchev–Trinajstić information content (AvgIpc) is 2.61. The number of halogens is 4. The average molecular weight is 468 g/mol. The summed E-state index contributed by atoms with van der Waals surface area (Å²) in [5.41, 5.74) is -0.0187. The molecule has 1 amide bonds. The van der Waals surface area contributed by atoms with Gasteiger partial charge in [0, 0.05) is 4.01 Å². The molecular weight excluding hydrogens is 456 g/mol. The molecule has 3 N–H and O–H groups in total. The minimum absolute atomic E-state index is 0.0477. The van der Waals surface area contributed by atoms with Gasteiger partial charge >= 0.3 is 0 Å². The van der Waals surface area contributed by atoms with Crippen LogP contribution in [0.2, 0.25) is 0 Å². The zero-order valence-electron chi connectivity index (χ0n) is 12.5. The van der Waals surface area contributed by atoms with Gasteiger partial charge in [0.05, 0.1) is 35.7 Å². The van der Waals surface area contributed by atoms with Crippen LogP contribution in [0.25, 0.3) is 0 Å². The molecule has 0 fully saturated rings. The second-order valence-electron chi connectivity index (χ2n) is 4.55. The SMILES string of the molecule is O=Cc1cc(C(=O)NOCCO)c(NC2=C(F)C=IC=C2)c(F)c1F. The van der Waals surface area contributed by atoms with E-state index in [4.69, 9.17) is 5.11 Å². The Morgan fingerprint density at radius 2 is 2.08 bits per heavy atom. The highest BCUT2D eigenvalue weighted by atomic mass is 127. The lowest BCUT2D eigenvalue weighted by molar-refractivity contribution is 0.0168. The molecule has 1 aromatic rings. The van der Waals surface area contributed by atoms with Crippen molar-refractivity contribution < 1.29 is 32.7 Å². The van der Waals surface area contributed by atoms with Crippen molar-refractivity contribution in [1.29, 1.82) is 0 Å². The number of aliphatic hydroxyl groups excluding tert-OH is 1. The number of nitrogens with one attached hydrogen (secondary N) is 2. The number of amides is 1. The predicted molar refractivity (Wildman–Crippen MR) is 93.2 cm³/mol. The van der Waals surface area contributed by atoms with E-state index in [1.165, 1.54) is 10.1 Å². The summed E-state index contributed by atoms with van der Waals surface area (Å²) >= 11 is -0.598. The Morgan fingerprint density at radius 3 is 2.72 bits per heavy atom. The lowest BCUT2D eigenvalue weighted by atomic mass is 10.1. The van der Waals surface area contributed by atoms with E-state index in [2.05, 4.69) is 10.2 Å². The molecule has 0 spiro atoms. The third kappa shape index (κ3) is 4.52. The standard InChI is InChI=1S/C15H12F3IN2O4/c16-10-6-19-2-1-11(10)20-14-9(15(24)21-25-4-3-22)5-8(7-23)12(17)13(14)18/h1-2,5-7,20,22H,3-4H2,(H,21,24). The quantitative estimate of drug-likeness (QED) is 0.248. The summed E-state index contributed by atoms with van der Waals surface area (Å²) in [5.74, 6) is -4.64. The normalized spacial score (nSPS) is 13.4. The fraction of sp³-hybridized carbons (Fsp3) is 0.133. The van der Waals surface area contributed by atoms with E-state index >= 15 is 0 Å². The van der Waals surface area contributed by atoms with Gasteiger partial charge in [0.25, 0.3) is 5.91 Å². The Labute approximate surface area is 150 Å². The fourth-order valence-corrected chi connectivity index (χ4v) is 3.24. The van der Waals surface area contributed by atoms with Crippen molar-refractivity contribution in [2.75, 3.05) is 18.5 Å². The Balaban J connectivity index is 2.47. The Morgan fingerprint density at radius 1 is 1.32 bits per heavy atom. The number of rotatable bonds is 7. The first kappa shape index (κ1) is 19.3. The van der Waals surface area contributed by atoms with Crippen molar-refractivity contribution in [3.8, 4) is 0 Å². The van der Waals surface area contributed by atoms with Crippen LogP contribution in [-0.2, 0) is 4.84 Å². The summed E-state index contributed by atoms with van der Waals surface area (Å²) < 4.78 is 45.0. The maximum atomic E-state index is 14.3. The molecule has 0 unspecified atom stereocenters. The number of carbonyl (C=O) groups excluding carboxylic acids is 2. The van der Waals surface area contributed by atoms with E-state index in [9.17, 15) is 22.8 Å². The van der Waals surface area contributed by atoms with Crippen LogP contribution >= 0.6 is 20.7 Å². The maximum Gasteiger partial charge on any atom is 0.277 e. The zero-order valence-corrected chi connectivity index (χ0v) is 14.6. The van der Waals surface area contributed by atoms with Crippen LogP contribution in [0.5, 0.6) is 0 Å².